The van der Waals surface area contributed by atoms with Gasteiger partial charge in [-0.3, -0.25) is 9.48 Å². The third-order valence-corrected chi connectivity index (χ3v) is 6.01. The number of hydrogen-bond donors (Lipinski definition) is 1. The van der Waals surface area contributed by atoms with E-state index in [-0.39, 0.29) is 30.7 Å². The van der Waals surface area contributed by atoms with Crippen molar-refractivity contribution in [3.8, 4) is 0 Å². The van der Waals surface area contributed by atoms with Crippen molar-refractivity contribution in [2.45, 2.75) is 24.5 Å². The molecule has 1 aromatic heterocycles. The zero-order valence-corrected chi connectivity index (χ0v) is 15.3. The van der Waals surface area contributed by atoms with Gasteiger partial charge in [-0.05, 0) is 18.1 Å². The molecule has 3 saturated heterocycles. The molecule has 3 aliphatic rings. The van der Waals surface area contributed by atoms with Gasteiger partial charge < -0.3 is 19.9 Å². The molecule has 8 nitrogen and oxygen atoms in total. The number of hydrogen-bond acceptors (Lipinski definition) is 4. The van der Waals surface area contributed by atoms with Crippen molar-refractivity contribution in [3.63, 3.8) is 0 Å². The summed E-state index contributed by atoms with van der Waals surface area (Å²) in [5.74, 6) is 0.247. The quantitative estimate of drug-likeness (QED) is 0.802. The minimum absolute atomic E-state index is 0.0269. The minimum Gasteiger partial charge on any atom is -0.366 e. The molecule has 8 heteroatoms. The topological polar surface area (TPSA) is 79.7 Å². The molecule has 1 aromatic carbocycles. The summed E-state index contributed by atoms with van der Waals surface area (Å²) in [5.41, 5.74) is 2.38. The van der Waals surface area contributed by atoms with Crippen LogP contribution >= 0.6 is 0 Å². The van der Waals surface area contributed by atoms with Crippen LogP contribution in [0.5, 0.6) is 0 Å². The highest BCUT2D eigenvalue weighted by Crippen LogP contribution is 2.33. The Bertz CT molecular complexity index is 904. The second-order valence-corrected chi connectivity index (χ2v) is 7.69. The van der Waals surface area contributed by atoms with Crippen molar-refractivity contribution < 1.29 is 14.3 Å². The summed E-state index contributed by atoms with van der Waals surface area (Å²) < 4.78 is 7.45. The van der Waals surface area contributed by atoms with E-state index in [1.807, 2.05) is 27.7 Å². The van der Waals surface area contributed by atoms with Gasteiger partial charge in [0, 0.05) is 44.5 Å². The molecule has 2 atom stereocenters. The lowest BCUT2D eigenvalue weighted by Gasteiger charge is -2.46. The molecule has 0 spiro atoms. The number of nitrogens with zero attached hydrogens (tertiary/aromatic N) is 4. The Balaban J connectivity index is 1.24. The lowest BCUT2D eigenvalue weighted by atomic mass is 9.89. The zero-order valence-electron chi connectivity index (χ0n) is 15.3. The van der Waals surface area contributed by atoms with Gasteiger partial charge in [0.2, 0.25) is 5.91 Å². The Morgan fingerprint density at radius 1 is 1.26 bits per heavy atom. The first-order valence-electron chi connectivity index (χ1n) is 9.45. The normalized spacial score (nSPS) is 25.9. The fourth-order valence-electron chi connectivity index (χ4n) is 4.46. The van der Waals surface area contributed by atoms with E-state index in [9.17, 15) is 9.59 Å². The third kappa shape index (κ3) is 2.75. The molecular weight excluding hydrogens is 346 g/mol. The Morgan fingerprint density at radius 2 is 2.11 bits per heavy atom. The SMILES string of the molecule is Cn1ncc2c(C3CN(C(=O)N4CC[C@@H]5OCC(=O)NC5C4)C3)cccc21. The maximum atomic E-state index is 12.9. The first-order chi connectivity index (χ1) is 13.1. The number of amides is 3. The lowest BCUT2D eigenvalue weighted by Crippen LogP contribution is -2.63. The molecule has 0 radical (unpaired) electrons. The number of morpholine rings is 1. The number of fused-ring (bicyclic) bond motifs is 2. The number of aromatic nitrogens is 2. The van der Waals surface area contributed by atoms with Gasteiger partial charge in [-0.25, -0.2) is 4.79 Å². The molecule has 0 bridgehead atoms. The van der Waals surface area contributed by atoms with Gasteiger partial charge in [-0.1, -0.05) is 12.1 Å². The molecule has 2 aromatic rings. The van der Waals surface area contributed by atoms with Crippen molar-refractivity contribution in [1.29, 1.82) is 0 Å². The Labute approximate surface area is 157 Å². The first-order valence-corrected chi connectivity index (χ1v) is 9.45. The fraction of sp³-hybridized carbons (Fsp3) is 0.526. The highest BCUT2D eigenvalue weighted by molar-refractivity contribution is 5.84. The van der Waals surface area contributed by atoms with Gasteiger partial charge in [0.25, 0.3) is 0 Å². The Morgan fingerprint density at radius 3 is 2.96 bits per heavy atom. The van der Waals surface area contributed by atoms with E-state index in [0.29, 0.717) is 19.0 Å². The van der Waals surface area contributed by atoms with Gasteiger partial charge in [0.15, 0.2) is 0 Å². The summed E-state index contributed by atoms with van der Waals surface area (Å²) in [7, 11) is 1.94. The van der Waals surface area contributed by atoms with Crippen LogP contribution in [0.3, 0.4) is 0 Å². The molecule has 142 valence electrons. The molecule has 3 fully saturated rings. The predicted molar refractivity (Wildman–Crippen MR) is 98.3 cm³/mol. The first kappa shape index (κ1) is 16.6. The van der Waals surface area contributed by atoms with E-state index < -0.39 is 0 Å². The summed E-state index contributed by atoms with van der Waals surface area (Å²) in [4.78, 5) is 28.1. The maximum Gasteiger partial charge on any atom is 0.320 e. The Hall–Kier alpha value is -2.61. The van der Waals surface area contributed by atoms with Crippen molar-refractivity contribution >= 4 is 22.8 Å². The molecule has 3 amide bonds. The van der Waals surface area contributed by atoms with Crippen molar-refractivity contribution in [2.75, 3.05) is 32.8 Å². The van der Waals surface area contributed by atoms with Gasteiger partial charge in [0.05, 0.1) is 23.9 Å². The highest BCUT2D eigenvalue weighted by Gasteiger charge is 2.40. The number of nitrogens with one attached hydrogen (secondary N) is 1. The average Bonchev–Trinajstić information content (AvgIpc) is 3.02. The van der Waals surface area contributed by atoms with E-state index in [1.54, 1.807) is 0 Å². The van der Waals surface area contributed by atoms with Gasteiger partial charge in [-0.2, -0.15) is 5.10 Å². The molecular formula is C19H23N5O3. The second kappa shape index (κ2) is 6.23. The molecule has 0 saturated carbocycles. The second-order valence-electron chi connectivity index (χ2n) is 7.69. The van der Waals surface area contributed by atoms with E-state index >= 15 is 0 Å². The number of aryl methyl sites for hydroxylation is 1. The maximum absolute atomic E-state index is 12.9. The largest absolute Gasteiger partial charge is 0.366 e. The van der Waals surface area contributed by atoms with Crippen LogP contribution in [0, 0.1) is 0 Å². The smallest absolute Gasteiger partial charge is 0.320 e. The molecule has 5 rings (SSSR count). The number of carbonyl (C=O) groups is 2. The monoisotopic (exact) mass is 369 g/mol. The molecule has 1 unspecified atom stereocenters. The van der Waals surface area contributed by atoms with Crippen LogP contribution < -0.4 is 5.32 Å². The van der Waals surface area contributed by atoms with Crippen LogP contribution in [0.15, 0.2) is 24.4 Å². The number of carbonyl (C=O) groups excluding carboxylic acids is 2. The van der Waals surface area contributed by atoms with Crippen LogP contribution in [-0.4, -0.2) is 76.5 Å². The lowest BCUT2D eigenvalue weighted by molar-refractivity contribution is -0.139. The van der Waals surface area contributed by atoms with Crippen molar-refractivity contribution in [3.05, 3.63) is 30.0 Å². The van der Waals surface area contributed by atoms with Crippen LogP contribution in [-0.2, 0) is 16.6 Å². The number of benzene rings is 1. The number of ether oxygens (including phenoxy) is 1. The van der Waals surface area contributed by atoms with E-state index in [1.165, 1.54) is 10.9 Å². The fourth-order valence-corrected chi connectivity index (χ4v) is 4.46. The number of piperidine rings is 1. The van der Waals surface area contributed by atoms with Crippen molar-refractivity contribution in [2.24, 2.45) is 7.05 Å². The van der Waals surface area contributed by atoms with Crippen molar-refractivity contribution in [1.82, 2.24) is 24.9 Å². The molecule has 3 aliphatic heterocycles. The highest BCUT2D eigenvalue weighted by atomic mass is 16.5. The van der Waals surface area contributed by atoms with Crippen LogP contribution in [0.2, 0.25) is 0 Å². The summed E-state index contributed by atoms with van der Waals surface area (Å²) in [5, 5.41) is 8.47. The van der Waals surface area contributed by atoms with Gasteiger partial charge >= 0.3 is 6.03 Å². The van der Waals surface area contributed by atoms with Gasteiger partial charge in [-0.15, -0.1) is 0 Å². The Kier molecular flexibility index (Phi) is 3.82. The van der Waals surface area contributed by atoms with Gasteiger partial charge in [0.1, 0.15) is 6.61 Å². The van der Waals surface area contributed by atoms with Crippen LogP contribution in [0.4, 0.5) is 4.79 Å². The third-order valence-electron chi connectivity index (χ3n) is 6.01. The van der Waals surface area contributed by atoms with Crippen LogP contribution in [0.1, 0.15) is 17.9 Å². The van der Waals surface area contributed by atoms with E-state index in [2.05, 4.69) is 28.6 Å². The van der Waals surface area contributed by atoms with E-state index in [0.717, 1.165) is 25.0 Å². The molecule has 1 N–H and O–H groups in total. The number of likely N-dealkylation sites (tertiary alicyclic amines) is 2. The van der Waals surface area contributed by atoms with E-state index in [4.69, 9.17) is 4.74 Å². The summed E-state index contributed by atoms with van der Waals surface area (Å²) in [6, 6.07) is 6.23. The van der Waals surface area contributed by atoms with Crippen LogP contribution in [0.25, 0.3) is 10.9 Å². The summed E-state index contributed by atoms with van der Waals surface area (Å²) in [6.45, 7) is 2.77. The minimum atomic E-state index is -0.0980. The molecule has 27 heavy (non-hydrogen) atoms. The number of urea groups is 1. The number of rotatable bonds is 1. The zero-order chi connectivity index (χ0) is 18.5. The summed E-state index contributed by atoms with van der Waals surface area (Å²) >= 11 is 0. The average molecular weight is 369 g/mol. The standard InChI is InChI=1S/C19H23N5O3/c1-22-16-4-2-3-13(14(16)7-20-22)12-8-24(9-12)19(26)23-6-5-17-15(10-23)21-18(25)11-27-17/h2-4,7,12,15,17H,5-6,8-11H2,1H3,(H,21,25)/t15?,17-/m0/s1. The summed E-state index contributed by atoms with van der Waals surface area (Å²) in [6.07, 6.45) is 2.70. The molecule has 0 aliphatic carbocycles. The molecule has 4 heterocycles. The predicted octanol–water partition coefficient (Wildman–Crippen LogP) is 0.682.